The molecule has 2 aliphatic rings. The highest BCUT2D eigenvalue weighted by Gasteiger charge is 2.37. The van der Waals surface area contributed by atoms with Crippen LogP contribution in [0.1, 0.15) is 79.1 Å². The molecule has 0 unspecified atom stereocenters. The second kappa shape index (κ2) is 7.97. The lowest BCUT2D eigenvalue weighted by atomic mass is 9.70. The first kappa shape index (κ1) is 17.3. The first-order chi connectivity index (χ1) is 10.0. The van der Waals surface area contributed by atoms with Crippen LogP contribution in [0.5, 0.6) is 0 Å². The molecule has 0 saturated heterocycles. The van der Waals surface area contributed by atoms with Gasteiger partial charge in [-0.15, -0.1) is 0 Å². The molecule has 0 bridgehead atoms. The van der Waals surface area contributed by atoms with Gasteiger partial charge < -0.3 is 10.2 Å². The van der Waals surface area contributed by atoms with Crippen LogP contribution >= 0.6 is 0 Å². The van der Waals surface area contributed by atoms with Crippen LogP contribution in [0.4, 0.5) is 0 Å². The summed E-state index contributed by atoms with van der Waals surface area (Å²) >= 11 is 0. The van der Waals surface area contributed by atoms with Gasteiger partial charge in [-0.05, 0) is 43.6 Å². The molecular weight excluding hydrogens is 256 g/mol. The zero-order valence-corrected chi connectivity index (χ0v) is 15.0. The molecule has 124 valence electrons. The lowest BCUT2D eigenvalue weighted by Crippen LogP contribution is -2.49. The van der Waals surface area contributed by atoms with Gasteiger partial charge in [-0.3, -0.25) is 0 Å². The molecule has 0 aliphatic heterocycles. The minimum atomic E-state index is 0.537. The van der Waals surface area contributed by atoms with Gasteiger partial charge >= 0.3 is 0 Å². The van der Waals surface area contributed by atoms with Gasteiger partial charge in [-0.25, -0.2) is 0 Å². The van der Waals surface area contributed by atoms with Gasteiger partial charge in [0.15, 0.2) is 0 Å². The maximum Gasteiger partial charge on any atom is 0.00953 e. The molecule has 0 aromatic heterocycles. The standard InChI is InChI=1S/C19H38N2/c1-5-21(18-8-6-7-9-18)15-19(14-20-16(2)3)12-10-17(4)11-13-19/h16-18,20H,5-15H2,1-4H3. The highest BCUT2D eigenvalue weighted by molar-refractivity contribution is 4.91. The third-order valence-corrected chi connectivity index (χ3v) is 6.01. The minimum Gasteiger partial charge on any atom is -0.314 e. The van der Waals surface area contributed by atoms with Crippen molar-refractivity contribution in [1.29, 1.82) is 0 Å². The molecule has 0 heterocycles. The van der Waals surface area contributed by atoms with E-state index in [2.05, 4.69) is 37.9 Å². The van der Waals surface area contributed by atoms with Crippen LogP contribution in [0.3, 0.4) is 0 Å². The third kappa shape index (κ3) is 4.96. The number of hydrogen-bond acceptors (Lipinski definition) is 2. The van der Waals surface area contributed by atoms with Crippen molar-refractivity contribution in [2.75, 3.05) is 19.6 Å². The SMILES string of the molecule is CCN(CC1(CNC(C)C)CCC(C)CC1)C1CCCC1. The molecule has 0 amide bonds. The summed E-state index contributed by atoms with van der Waals surface area (Å²) in [5.74, 6) is 0.943. The summed E-state index contributed by atoms with van der Waals surface area (Å²) in [6, 6.07) is 1.49. The monoisotopic (exact) mass is 294 g/mol. The largest absolute Gasteiger partial charge is 0.314 e. The van der Waals surface area contributed by atoms with E-state index >= 15 is 0 Å². The van der Waals surface area contributed by atoms with Crippen molar-refractivity contribution < 1.29 is 0 Å². The van der Waals surface area contributed by atoms with E-state index in [1.165, 1.54) is 71.0 Å². The van der Waals surface area contributed by atoms with E-state index in [0.717, 1.165) is 12.0 Å². The van der Waals surface area contributed by atoms with Crippen LogP contribution in [-0.4, -0.2) is 36.6 Å². The number of nitrogens with zero attached hydrogens (tertiary/aromatic N) is 1. The van der Waals surface area contributed by atoms with Crippen LogP contribution in [0.15, 0.2) is 0 Å². The molecule has 2 rings (SSSR count). The Balaban J connectivity index is 1.99. The van der Waals surface area contributed by atoms with Crippen molar-refractivity contribution >= 4 is 0 Å². The fraction of sp³-hybridized carbons (Fsp3) is 1.00. The molecule has 0 atom stereocenters. The zero-order chi connectivity index (χ0) is 15.3. The van der Waals surface area contributed by atoms with Gasteiger partial charge in [-0.1, -0.05) is 53.4 Å². The second-order valence-corrected chi connectivity index (χ2v) is 8.22. The Morgan fingerprint density at radius 3 is 2.24 bits per heavy atom. The summed E-state index contributed by atoms with van der Waals surface area (Å²) in [6.45, 7) is 13.2. The maximum atomic E-state index is 3.76. The van der Waals surface area contributed by atoms with Crippen molar-refractivity contribution in [3.05, 3.63) is 0 Å². The van der Waals surface area contributed by atoms with Crippen LogP contribution in [0.25, 0.3) is 0 Å². The van der Waals surface area contributed by atoms with Crippen LogP contribution in [0.2, 0.25) is 0 Å². The van der Waals surface area contributed by atoms with Gasteiger partial charge in [-0.2, -0.15) is 0 Å². The third-order valence-electron chi connectivity index (χ3n) is 6.01. The van der Waals surface area contributed by atoms with E-state index in [4.69, 9.17) is 0 Å². The summed E-state index contributed by atoms with van der Waals surface area (Å²) in [7, 11) is 0. The zero-order valence-electron chi connectivity index (χ0n) is 15.0. The number of nitrogens with one attached hydrogen (secondary N) is 1. The first-order valence-electron chi connectivity index (χ1n) is 9.52. The van der Waals surface area contributed by atoms with E-state index in [9.17, 15) is 0 Å². The van der Waals surface area contributed by atoms with Crippen molar-refractivity contribution in [2.24, 2.45) is 11.3 Å². The van der Waals surface area contributed by atoms with Gasteiger partial charge in [0.2, 0.25) is 0 Å². The van der Waals surface area contributed by atoms with Gasteiger partial charge in [0, 0.05) is 25.2 Å². The molecule has 2 nitrogen and oxygen atoms in total. The van der Waals surface area contributed by atoms with E-state index in [1.54, 1.807) is 0 Å². The van der Waals surface area contributed by atoms with Crippen molar-refractivity contribution in [2.45, 2.75) is 91.1 Å². The Morgan fingerprint density at radius 1 is 1.10 bits per heavy atom. The molecule has 0 spiro atoms. The molecule has 0 radical (unpaired) electrons. The fourth-order valence-electron chi connectivity index (χ4n) is 4.39. The van der Waals surface area contributed by atoms with Gasteiger partial charge in [0.25, 0.3) is 0 Å². The van der Waals surface area contributed by atoms with Crippen LogP contribution in [-0.2, 0) is 0 Å². The Bertz CT molecular complexity index is 286. The summed E-state index contributed by atoms with van der Waals surface area (Å²) < 4.78 is 0. The van der Waals surface area contributed by atoms with Crippen molar-refractivity contribution in [1.82, 2.24) is 10.2 Å². The lowest BCUT2D eigenvalue weighted by Gasteiger charge is -2.45. The van der Waals surface area contributed by atoms with Crippen LogP contribution < -0.4 is 5.32 Å². The predicted octanol–water partition coefficient (Wildman–Crippen LogP) is 4.45. The average molecular weight is 295 g/mol. The Kier molecular flexibility index (Phi) is 6.55. The van der Waals surface area contributed by atoms with Crippen molar-refractivity contribution in [3.8, 4) is 0 Å². The molecule has 0 aromatic carbocycles. The normalized spacial score (nSPS) is 31.4. The number of rotatable bonds is 7. The van der Waals surface area contributed by atoms with E-state index in [1.807, 2.05) is 0 Å². The molecular formula is C19H38N2. The molecule has 2 heteroatoms. The molecule has 1 N–H and O–H groups in total. The Labute approximate surface area is 133 Å². The Hall–Kier alpha value is -0.0800. The highest BCUT2D eigenvalue weighted by Crippen LogP contribution is 2.40. The average Bonchev–Trinajstić information content (AvgIpc) is 3.00. The molecule has 0 aromatic rings. The topological polar surface area (TPSA) is 15.3 Å². The second-order valence-electron chi connectivity index (χ2n) is 8.22. The molecule has 21 heavy (non-hydrogen) atoms. The summed E-state index contributed by atoms with van der Waals surface area (Å²) in [6.07, 6.45) is 11.5. The van der Waals surface area contributed by atoms with Gasteiger partial charge in [0.05, 0.1) is 0 Å². The summed E-state index contributed by atoms with van der Waals surface area (Å²) in [5.41, 5.74) is 0.537. The molecule has 2 fully saturated rings. The highest BCUT2D eigenvalue weighted by atomic mass is 15.2. The van der Waals surface area contributed by atoms with E-state index < -0.39 is 0 Å². The number of hydrogen-bond donors (Lipinski definition) is 1. The summed E-state index contributed by atoms with van der Waals surface area (Å²) in [5, 5.41) is 3.76. The maximum absolute atomic E-state index is 3.76. The Morgan fingerprint density at radius 2 is 1.71 bits per heavy atom. The first-order valence-corrected chi connectivity index (χ1v) is 9.52. The lowest BCUT2D eigenvalue weighted by molar-refractivity contribution is 0.0653. The quantitative estimate of drug-likeness (QED) is 0.746. The van der Waals surface area contributed by atoms with Crippen LogP contribution in [0, 0.1) is 11.3 Å². The molecule has 2 saturated carbocycles. The van der Waals surface area contributed by atoms with E-state index in [0.29, 0.717) is 11.5 Å². The van der Waals surface area contributed by atoms with E-state index in [-0.39, 0.29) is 0 Å². The minimum absolute atomic E-state index is 0.537. The predicted molar refractivity (Wildman–Crippen MR) is 92.7 cm³/mol. The van der Waals surface area contributed by atoms with Gasteiger partial charge in [0.1, 0.15) is 0 Å². The smallest absolute Gasteiger partial charge is 0.00953 e. The fourth-order valence-corrected chi connectivity index (χ4v) is 4.39. The summed E-state index contributed by atoms with van der Waals surface area (Å²) in [4.78, 5) is 2.82. The van der Waals surface area contributed by atoms with Crippen molar-refractivity contribution in [3.63, 3.8) is 0 Å². The molecule has 2 aliphatic carbocycles.